The number of hydrogen-bond donors (Lipinski definition) is 1. The van der Waals surface area contributed by atoms with E-state index in [1.807, 2.05) is 13.0 Å². The normalized spacial score (nSPS) is 16.7. The minimum atomic E-state index is -0.836. The molecule has 1 aliphatic heterocycles. The average Bonchev–Trinajstić information content (AvgIpc) is 3.22. The number of pyridine rings is 1. The molecule has 2 amide bonds. The summed E-state index contributed by atoms with van der Waals surface area (Å²) in [6.45, 7) is 2.53. The van der Waals surface area contributed by atoms with Crippen molar-refractivity contribution in [3.63, 3.8) is 0 Å². The molecule has 7 nitrogen and oxygen atoms in total. The number of fused-ring (bicyclic) bond motifs is 1. The summed E-state index contributed by atoms with van der Waals surface area (Å²) < 4.78 is 14.2. The van der Waals surface area contributed by atoms with E-state index in [0.717, 1.165) is 6.20 Å². The van der Waals surface area contributed by atoms with Gasteiger partial charge in [0.05, 0.1) is 22.7 Å². The third-order valence-corrected chi connectivity index (χ3v) is 5.54. The predicted molar refractivity (Wildman–Crippen MR) is 109 cm³/mol. The Morgan fingerprint density at radius 2 is 1.93 bits per heavy atom. The van der Waals surface area contributed by atoms with E-state index in [9.17, 15) is 18.8 Å². The topological polar surface area (TPSA) is 86.4 Å². The first-order valence-electron chi connectivity index (χ1n) is 9.39. The maximum absolute atomic E-state index is 14.2. The number of piperazine rings is 1. The van der Waals surface area contributed by atoms with Gasteiger partial charge in [0.25, 0.3) is 17.6 Å². The number of amides is 2. The average molecular weight is 429 g/mol. The second-order valence-electron chi connectivity index (χ2n) is 7.14. The molecule has 0 radical (unpaired) electrons. The number of ketones is 1. The molecule has 1 aromatic carbocycles. The molecule has 1 saturated heterocycles. The van der Waals surface area contributed by atoms with Gasteiger partial charge in [-0.1, -0.05) is 29.8 Å². The monoisotopic (exact) mass is 428 g/mol. The van der Waals surface area contributed by atoms with Gasteiger partial charge in [0.1, 0.15) is 0 Å². The van der Waals surface area contributed by atoms with Crippen LogP contribution in [0.15, 0.2) is 42.7 Å². The molecule has 0 unspecified atom stereocenters. The van der Waals surface area contributed by atoms with Gasteiger partial charge < -0.3 is 14.8 Å². The maximum atomic E-state index is 14.2. The van der Waals surface area contributed by atoms with Crippen molar-refractivity contribution in [3.05, 3.63) is 64.8 Å². The minimum Gasteiger partial charge on any atom is -0.358 e. The maximum Gasteiger partial charge on any atom is 0.295 e. The van der Waals surface area contributed by atoms with Gasteiger partial charge in [0, 0.05) is 37.4 Å². The van der Waals surface area contributed by atoms with Gasteiger partial charge in [-0.25, -0.2) is 9.37 Å². The Morgan fingerprint density at radius 3 is 2.63 bits per heavy atom. The molecule has 3 heterocycles. The van der Waals surface area contributed by atoms with Crippen LogP contribution in [0.4, 0.5) is 4.39 Å². The Hall–Kier alpha value is -3.26. The Morgan fingerprint density at radius 1 is 1.20 bits per heavy atom. The third kappa shape index (κ3) is 3.43. The summed E-state index contributed by atoms with van der Waals surface area (Å²) in [6.07, 6.45) is 2.18. The van der Waals surface area contributed by atoms with Crippen molar-refractivity contribution in [1.29, 1.82) is 0 Å². The van der Waals surface area contributed by atoms with Crippen LogP contribution in [0.25, 0.3) is 10.9 Å². The van der Waals surface area contributed by atoms with Gasteiger partial charge in [-0.05, 0) is 19.1 Å². The van der Waals surface area contributed by atoms with Crippen LogP contribution in [-0.2, 0) is 4.79 Å². The molecule has 3 aromatic rings. The Bertz CT molecular complexity index is 1150. The fourth-order valence-electron chi connectivity index (χ4n) is 3.70. The van der Waals surface area contributed by atoms with Gasteiger partial charge >= 0.3 is 0 Å². The fraction of sp³-hybridized carbons (Fsp3) is 0.238. The van der Waals surface area contributed by atoms with E-state index in [-0.39, 0.29) is 46.7 Å². The summed E-state index contributed by atoms with van der Waals surface area (Å²) in [5, 5.41) is -0.0427. The van der Waals surface area contributed by atoms with Gasteiger partial charge in [0.15, 0.2) is 11.0 Å². The number of carbonyl (C=O) groups is 3. The largest absolute Gasteiger partial charge is 0.358 e. The van der Waals surface area contributed by atoms with Crippen LogP contribution in [0.5, 0.6) is 0 Å². The van der Waals surface area contributed by atoms with Crippen LogP contribution in [0, 0.1) is 5.82 Å². The van der Waals surface area contributed by atoms with Crippen molar-refractivity contribution in [2.75, 3.05) is 19.6 Å². The number of nitrogens with one attached hydrogen (secondary N) is 1. The molecule has 0 aliphatic carbocycles. The zero-order chi connectivity index (χ0) is 21.4. The third-order valence-electron chi connectivity index (χ3n) is 5.25. The van der Waals surface area contributed by atoms with E-state index in [2.05, 4.69) is 9.97 Å². The van der Waals surface area contributed by atoms with E-state index in [1.54, 1.807) is 29.2 Å². The van der Waals surface area contributed by atoms with Gasteiger partial charge in [-0.15, -0.1) is 0 Å². The summed E-state index contributed by atoms with van der Waals surface area (Å²) in [4.78, 5) is 47.8. The molecule has 1 atom stereocenters. The summed E-state index contributed by atoms with van der Waals surface area (Å²) in [5.74, 6) is -2.44. The first-order chi connectivity index (χ1) is 14.4. The fourth-order valence-corrected chi connectivity index (χ4v) is 3.90. The lowest BCUT2D eigenvalue weighted by molar-refractivity contribution is -0.128. The van der Waals surface area contributed by atoms with Crippen LogP contribution >= 0.6 is 11.6 Å². The standard InChI is InChI=1S/C21H18ClFN4O3/c1-12-11-26(7-8-27(12)20(29)13-5-3-2-4-6-13)21(30)18(28)14-9-24-17-16(14)15(23)10-25-19(17)22/h2-6,9-10,12,24H,7-8,11H2,1H3/t12-/m1/s1. The predicted octanol–water partition coefficient (Wildman–Crippen LogP) is 2.91. The molecule has 1 aliphatic rings. The number of hydrogen-bond acceptors (Lipinski definition) is 4. The Balaban J connectivity index is 1.51. The van der Waals surface area contributed by atoms with E-state index in [1.165, 1.54) is 11.1 Å². The number of nitrogens with zero attached hydrogens (tertiary/aromatic N) is 3. The van der Waals surface area contributed by atoms with Crippen molar-refractivity contribution in [2.24, 2.45) is 0 Å². The van der Waals surface area contributed by atoms with Gasteiger partial charge in [-0.2, -0.15) is 0 Å². The molecule has 0 saturated carbocycles. The summed E-state index contributed by atoms with van der Waals surface area (Å²) in [6, 6.07) is 8.61. The molecule has 154 valence electrons. The van der Waals surface area contributed by atoms with Crippen LogP contribution in [-0.4, -0.2) is 63.0 Å². The first kappa shape index (κ1) is 20.0. The second kappa shape index (κ2) is 7.87. The van der Waals surface area contributed by atoms with E-state index in [4.69, 9.17) is 11.6 Å². The highest BCUT2D eigenvalue weighted by Gasteiger charge is 2.34. The summed E-state index contributed by atoms with van der Waals surface area (Å²) in [5.41, 5.74) is 0.645. The number of benzene rings is 1. The Kier molecular flexibility index (Phi) is 5.26. The molecule has 1 N–H and O–H groups in total. The van der Waals surface area contributed by atoms with Crippen molar-refractivity contribution < 1.29 is 18.8 Å². The number of H-pyrrole nitrogens is 1. The lowest BCUT2D eigenvalue weighted by Gasteiger charge is -2.39. The lowest BCUT2D eigenvalue weighted by atomic mass is 10.1. The van der Waals surface area contributed by atoms with E-state index in [0.29, 0.717) is 12.1 Å². The molecular formula is C21H18ClFN4O3. The van der Waals surface area contributed by atoms with E-state index >= 15 is 0 Å². The number of aromatic nitrogens is 2. The number of carbonyl (C=O) groups excluding carboxylic acids is 3. The highest BCUT2D eigenvalue weighted by molar-refractivity contribution is 6.45. The van der Waals surface area contributed by atoms with Crippen LogP contribution in [0.1, 0.15) is 27.6 Å². The molecule has 30 heavy (non-hydrogen) atoms. The van der Waals surface area contributed by atoms with Crippen molar-refractivity contribution in [2.45, 2.75) is 13.0 Å². The van der Waals surface area contributed by atoms with Crippen molar-refractivity contribution >= 4 is 40.1 Å². The molecule has 1 fully saturated rings. The first-order valence-corrected chi connectivity index (χ1v) is 9.77. The van der Waals surface area contributed by atoms with Crippen LogP contribution in [0.2, 0.25) is 5.15 Å². The highest BCUT2D eigenvalue weighted by Crippen LogP contribution is 2.27. The summed E-state index contributed by atoms with van der Waals surface area (Å²) in [7, 11) is 0. The van der Waals surface area contributed by atoms with Crippen LogP contribution < -0.4 is 0 Å². The molecule has 0 bridgehead atoms. The molecule has 4 rings (SSSR count). The number of rotatable bonds is 3. The molecular weight excluding hydrogens is 411 g/mol. The lowest BCUT2D eigenvalue weighted by Crippen LogP contribution is -2.56. The quantitative estimate of drug-likeness (QED) is 0.395. The van der Waals surface area contributed by atoms with Crippen molar-refractivity contribution in [1.82, 2.24) is 19.8 Å². The molecule has 9 heteroatoms. The molecule has 0 spiro atoms. The number of Topliss-reactive ketones (excluding diaryl/α,β-unsaturated/α-hetero) is 1. The Labute approximate surface area is 176 Å². The van der Waals surface area contributed by atoms with E-state index < -0.39 is 17.5 Å². The molecule has 2 aromatic heterocycles. The zero-order valence-electron chi connectivity index (χ0n) is 16.1. The minimum absolute atomic E-state index is 0.0135. The number of aromatic amines is 1. The van der Waals surface area contributed by atoms with Crippen LogP contribution in [0.3, 0.4) is 0 Å². The smallest absolute Gasteiger partial charge is 0.295 e. The highest BCUT2D eigenvalue weighted by atomic mass is 35.5. The SMILES string of the molecule is C[C@@H]1CN(C(=O)C(=O)c2c[nH]c3c(Cl)ncc(F)c23)CCN1C(=O)c1ccccc1. The van der Waals surface area contributed by atoms with Crippen molar-refractivity contribution in [3.8, 4) is 0 Å². The number of halogens is 2. The van der Waals surface area contributed by atoms with Gasteiger partial charge in [0.2, 0.25) is 0 Å². The zero-order valence-corrected chi connectivity index (χ0v) is 16.8. The summed E-state index contributed by atoms with van der Waals surface area (Å²) >= 11 is 5.94. The second-order valence-corrected chi connectivity index (χ2v) is 7.50. The van der Waals surface area contributed by atoms with Gasteiger partial charge in [-0.3, -0.25) is 14.4 Å².